The highest BCUT2D eigenvalue weighted by molar-refractivity contribution is 9.09. The SMILES string of the molecule is C=CCC[Si](C)(C)C(=O)CCCCBr. The first-order chi connectivity index (χ1) is 6.54. The predicted octanol–water partition coefficient (Wildman–Crippen LogP) is 3.94. The van der Waals surface area contributed by atoms with Gasteiger partial charge in [-0.05, 0) is 25.3 Å². The number of carbonyl (C=O) groups excluding carboxylic acids is 1. The fourth-order valence-corrected chi connectivity index (χ4v) is 3.78. The zero-order valence-electron chi connectivity index (χ0n) is 9.31. The monoisotopic (exact) mass is 276 g/mol. The first kappa shape index (κ1) is 14.1. The molecule has 0 fully saturated rings. The van der Waals surface area contributed by atoms with Crippen molar-refractivity contribution in [3.8, 4) is 0 Å². The molecule has 0 N–H and O–H groups in total. The van der Waals surface area contributed by atoms with E-state index in [2.05, 4.69) is 35.6 Å². The molecule has 0 rings (SSSR count). The minimum Gasteiger partial charge on any atom is -0.305 e. The normalized spacial score (nSPS) is 11.4. The van der Waals surface area contributed by atoms with Gasteiger partial charge in [0.2, 0.25) is 0 Å². The molecule has 0 bridgehead atoms. The van der Waals surface area contributed by atoms with Gasteiger partial charge in [0.1, 0.15) is 13.5 Å². The Kier molecular flexibility index (Phi) is 7.46. The van der Waals surface area contributed by atoms with Crippen molar-refractivity contribution in [2.45, 2.75) is 44.8 Å². The fourth-order valence-electron chi connectivity index (χ4n) is 1.32. The molecule has 0 amide bonds. The summed E-state index contributed by atoms with van der Waals surface area (Å²) in [5.74, 6) is 0. The number of unbranched alkanes of at least 4 members (excludes halogenated alkanes) is 1. The highest BCUT2D eigenvalue weighted by Crippen LogP contribution is 2.16. The van der Waals surface area contributed by atoms with E-state index in [0.29, 0.717) is 5.41 Å². The van der Waals surface area contributed by atoms with Crippen LogP contribution in [0.25, 0.3) is 0 Å². The molecular formula is C11H21BrOSi. The summed E-state index contributed by atoms with van der Waals surface area (Å²) in [6, 6.07) is 1.06. The predicted molar refractivity (Wildman–Crippen MR) is 69.8 cm³/mol. The maximum atomic E-state index is 11.9. The minimum absolute atomic E-state index is 0.528. The van der Waals surface area contributed by atoms with Crippen molar-refractivity contribution >= 4 is 29.4 Å². The van der Waals surface area contributed by atoms with Crippen LogP contribution in [0.3, 0.4) is 0 Å². The van der Waals surface area contributed by atoms with E-state index in [0.717, 1.165) is 37.1 Å². The number of carbonyl (C=O) groups is 1. The topological polar surface area (TPSA) is 17.1 Å². The third-order valence-corrected chi connectivity index (χ3v) is 6.37. The summed E-state index contributed by atoms with van der Waals surface area (Å²) in [7, 11) is -1.60. The number of rotatable bonds is 8. The lowest BCUT2D eigenvalue weighted by Gasteiger charge is -2.19. The van der Waals surface area contributed by atoms with Gasteiger partial charge in [0.15, 0.2) is 0 Å². The number of alkyl halides is 1. The standard InChI is InChI=1S/C11H21BrOSi/c1-4-5-10-14(2,3)11(13)8-6-7-9-12/h4H,1,5-10H2,2-3H3. The molecule has 3 heteroatoms. The second-order valence-electron chi connectivity index (χ2n) is 4.28. The van der Waals surface area contributed by atoms with Crippen LogP contribution >= 0.6 is 15.9 Å². The molecule has 0 aromatic heterocycles. The van der Waals surface area contributed by atoms with Crippen LogP contribution in [0.4, 0.5) is 0 Å². The lowest BCUT2D eigenvalue weighted by molar-refractivity contribution is -0.112. The van der Waals surface area contributed by atoms with Crippen molar-refractivity contribution in [1.29, 1.82) is 0 Å². The third kappa shape index (κ3) is 5.76. The van der Waals surface area contributed by atoms with E-state index in [1.54, 1.807) is 0 Å². The quantitative estimate of drug-likeness (QED) is 0.284. The molecular weight excluding hydrogens is 256 g/mol. The Bertz CT molecular complexity index is 190. The maximum Gasteiger partial charge on any atom is 0.127 e. The van der Waals surface area contributed by atoms with Gasteiger partial charge in [0, 0.05) is 11.8 Å². The van der Waals surface area contributed by atoms with Gasteiger partial charge in [-0.15, -0.1) is 6.58 Å². The molecule has 0 unspecified atom stereocenters. The number of hydrogen-bond donors (Lipinski definition) is 0. The first-order valence-corrected chi connectivity index (χ1v) is 9.57. The van der Waals surface area contributed by atoms with Crippen LogP contribution in [0.2, 0.25) is 19.1 Å². The summed E-state index contributed by atoms with van der Waals surface area (Å²) in [6.07, 6.45) is 5.83. The van der Waals surface area contributed by atoms with Crippen LogP contribution in [0.15, 0.2) is 12.7 Å². The molecule has 0 aliphatic heterocycles. The Labute approximate surface area is 97.1 Å². The summed E-state index contributed by atoms with van der Waals surface area (Å²) in [4.78, 5) is 11.9. The van der Waals surface area contributed by atoms with Gasteiger partial charge in [0.25, 0.3) is 0 Å². The molecule has 0 aromatic carbocycles. The first-order valence-electron chi connectivity index (χ1n) is 5.24. The Morgan fingerprint density at radius 1 is 1.43 bits per heavy atom. The van der Waals surface area contributed by atoms with Crippen molar-refractivity contribution in [3.05, 3.63) is 12.7 Å². The molecule has 14 heavy (non-hydrogen) atoms. The van der Waals surface area contributed by atoms with Crippen molar-refractivity contribution in [2.24, 2.45) is 0 Å². The van der Waals surface area contributed by atoms with Crippen LogP contribution in [0.5, 0.6) is 0 Å². The van der Waals surface area contributed by atoms with Crippen molar-refractivity contribution < 1.29 is 4.79 Å². The molecule has 82 valence electrons. The highest BCUT2D eigenvalue weighted by atomic mass is 79.9. The van der Waals surface area contributed by atoms with Crippen molar-refractivity contribution in [1.82, 2.24) is 0 Å². The summed E-state index contributed by atoms with van der Waals surface area (Å²) in [5, 5.41) is 1.54. The van der Waals surface area contributed by atoms with E-state index in [9.17, 15) is 4.79 Å². The molecule has 1 nitrogen and oxygen atoms in total. The zero-order chi connectivity index (χ0) is 11.0. The van der Waals surface area contributed by atoms with Gasteiger partial charge in [0.05, 0.1) is 0 Å². The van der Waals surface area contributed by atoms with Crippen LogP contribution in [-0.4, -0.2) is 18.8 Å². The molecule has 0 heterocycles. The van der Waals surface area contributed by atoms with Crippen LogP contribution in [-0.2, 0) is 4.79 Å². The Morgan fingerprint density at radius 3 is 2.57 bits per heavy atom. The molecule has 0 radical (unpaired) electrons. The van der Waals surface area contributed by atoms with Crippen LogP contribution < -0.4 is 0 Å². The molecule has 0 saturated heterocycles. The summed E-state index contributed by atoms with van der Waals surface area (Å²) < 4.78 is 0. The average Bonchev–Trinajstić information content (AvgIpc) is 2.15. The molecule has 0 atom stereocenters. The van der Waals surface area contributed by atoms with Crippen molar-refractivity contribution in [3.63, 3.8) is 0 Å². The lowest BCUT2D eigenvalue weighted by atomic mass is 10.3. The highest BCUT2D eigenvalue weighted by Gasteiger charge is 2.28. The second-order valence-corrected chi connectivity index (χ2v) is 9.90. The van der Waals surface area contributed by atoms with E-state index < -0.39 is 8.07 Å². The zero-order valence-corrected chi connectivity index (χ0v) is 11.9. The number of halogens is 1. The van der Waals surface area contributed by atoms with E-state index in [-0.39, 0.29) is 0 Å². The Hall–Kier alpha value is 0.107. The van der Waals surface area contributed by atoms with Gasteiger partial charge in [-0.2, -0.15) is 0 Å². The van der Waals surface area contributed by atoms with E-state index in [1.807, 2.05) is 6.08 Å². The van der Waals surface area contributed by atoms with Gasteiger partial charge >= 0.3 is 0 Å². The Balaban J connectivity index is 3.87. The van der Waals surface area contributed by atoms with E-state index in [1.165, 1.54) is 0 Å². The summed E-state index contributed by atoms with van der Waals surface area (Å²) in [5.41, 5.74) is 0. The molecule has 0 spiro atoms. The lowest BCUT2D eigenvalue weighted by Crippen LogP contribution is -2.36. The smallest absolute Gasteiger partial charge is 0.127 e. The minimum atomic E-state index is -1.60. The van der Waals surface area contributed by atoms with Crippen LogP contribution in [0, 0.1) is 0 Å². The fraction of sp³-hybridized carbons (Fsp3) is 0.727. The van der Waals surface area contributed by atoms with E-state index >= 15 is 0 Å². The number of allylic oxidation sites excluding steroid dienone is 1. The number of hydrogen-bond acceptors (Lipinski definition) is 1. The average molecular weight is 277 g/mol. The molecule has 0 saturated carbocycles. The van der Waals surface area contributed by atoms with Gasteiger partial charge in [-0.3, -0.25) is 0 Å². The van der Waals surface area contributed by atoms with Crippen LogP contribution in [0.1, 0.15) is 25.7 Å². The molecule has 0 aliphatic rings. The van der Waals surface area contributed by atoms with Gasteiger partial charge in [-0.25, -0.2) is 0 Å². The van der Waals surface area contributed by atoms with E-state index in [4.69, 9.17) is 0 Å². The van der Waals surface area contributed by atoms with Gasteiger partial charge < -0.3 is 4.79 Å². The summed E-state index contributed by atoms with van der Waals surface area (Å²) >= 11 is 3.38. The van der Waals surface area contributed by atoms with Crippen molar-refractivity contribution in [2.75, 3.05) is 5.33 Å². The maximum absolute atomic E-state index is 11.9. The largest absolute Gasteiger partial charge is 0.305 e. The summed E-state index contributed by atoms with van der Waals surface area (Å²) in [6.45, 7) is 8.05. The van der Waals surface area contributed by atoms with Gasteiger partial charge in [-0.1, -0.05) is 35.1 Å². The Morgan fingerprint density at radius 2 is 2.07 bits per heavy atom. The molecule has 0 aromatic rings. The third-order valence-electron chi connectivity index (χ3n) is 2.52. The molecule has 0 aliphatic carbocycles. The second kappa shape index (κ2) is 7.41.